The molecule has 1 rings (SSSR count). The molecular formula is C12H19NO3. The number of methoxy groups -OCH3 is 1. The quantitative estimate of drug-likeness (QED) is 0.687. The highest BCUT2D eigenvalue weighted by molar-refractivity contribution is 5.71. The third-order valence-corrected chi connectivity index (χ3v) is 3.23. The van der Waals surface area contributed by atoms with E-state index in [0.717, 1.165) is 25.7 Å². The molecule has 0 unspecified atom stereocenters. The largest absolute Gasteiger partial charge is 0.466 e. The molecule has 0 N–H and O–H groups in total. The lowest BCUT2D eigenvalue weighted by Crippen LogP contribution is -2.40. The fraction of sp³-hybridized carbons (Fsp3) is 0.833. The zero-order valence-corrected chi connectivity index (χ0v) is 9.99. The predicted octanol–water partition coefficient (Wildman–Crippen LogP) is 2.04. The van der Waals surface area contributed by atoms with Gasteiger partial charge >= 0.3 is 5.97 Å². The van der Waals surface area contributed by atoms with E-state index in [4.69, 9.17) is 9.47 Å². The van der Waals surface area contributed by atoms with E-state index < -0.39 is 5.41 Å². The fourth-order valence-corrected chi connectivity index (χ4v) is 2.39. The molecule has 0 amide bonds. The van der Waals surface area contributed by atoms with Crippen molar-refractivity contribution in [3.8, 4) is 6.07 Å². The van der Waals surface area contributed by atoms with Crippen LogP contribution in [0.2, 0.25) is 0 Å². The van der Waals surface area contributed by atoms with Crippen molar-refractivity contribution in [2.45, 2.75) is 45.1 Å². The molecule has 0 aliphatic heterocycles. The first-order valence-corrected chi connectivity index (χ1v) is 5.78. The molecule has 1 aliphatic carbocycles. The van der Waals surface area contributed by atoms with Gasteiger partial charge in [-0.05, 0) is 19.8 Å². The fourth-order valence-electron chi connectivity index (χ4n) is 2.39. The van der Waals surface area contributed by atoms with Gasteiger partial charge in [0.15, 0.2) is 0 Å². The van der Waals surface area contributed by atoms with Crippen molar-refractivity contribution in [1.82, 2.24) is 0 Å². The molecule has 16 heavy (non-hydrogen) atoms. The van der Waals surface area contributed by atoms with Gasteiger partial charge in [0.2, 0.25) is 0 Å². The van der Waals surface area contributed by atoms with Gasteiger partial charge in [0, 0.05) is 7.11 Å². The minimum Gasteiger partial charge on any atom is -0.466 e. The average molecular weight is 225 g/mol. The molecule has 0 radical (unpaired) electrons. The zero-order chi connectivity index (χ0) is 12.0. The van der Waals surface area contributed by atoms with Crippen molar-refractivity contribution in [1.29, 1.82) is 5.26 Å². The number of hydrogen-bond acceptors (Lipinski definition) is 4. The lowest BCUT2D eigenvalue weighted by atomic mass is 9.70. The number of ether oxygens (including phenoxy) is 2. The molecule has 0 spiro atoms. The summed E-state index contributed by atoms with van der Waals surface area (Å²) in [5.74, 6) is -0.298. The summed E-state index contributed by atoms with van der Waals surface area (Å²) in [5.41, 5.74) is -0.681. The van der Waals surface area contributed by atoms with Crippen LogP contribution < -0.4 is 0 Å². The second kappa shape index (κ2) is 5.86. The van der Waals surface area contributed by atoms with E-state index in [2.05, 4.69) is 6.07 Å². The van der Waals surface area contributed by atoms with Crippen LogP contribution in [-0.2, 0) is 14.3 Å². The Morgan fingerprint density at radius 2 is 2.31 bits per heavy atom. The van der Waals surface area contributed by atoms with E-state index >= 15 is 0 Å². The minimum absolute atomic E-state index is 0.143. The van der Waals surface area contributed by atoms with Crippen molar-refractivity contribution in [2.75, 3.05) is 13.7 Å². The van der Waals surface area contributed by atoms with Gasteiger partial charge in [-0.1, -0.05) is 12.8 Å². The van der Waals surface area contributed by atoms with Crippen LogP contribution in [0, 0.1) is 16.7 Å². The summed E-state index contributed by atoms with van der Waals surface area (Å²) < 4.78 is 10.3. The zero-order valence-electron chi connectivity index (χ0n) is 9.99. The van der Waals surface area contributed by atoms with Crippen LogP contribution in [0.1, 0.15) is 39.0 Å². The lowest BCUT2D eigenvalue weighted by molar-refractivity contribution is -0.148. The van der Waals surface area contributed by atoms with Crippen LogP contribution in [0.3, 0.4) is 0 Å². The molecule has 2 atom stereocenters. The van der Waals surface area contributed by atoms with Gasteiger partial charge in [-0.3, -0.25) is 4.79 Å². The minimum atomic E-state index is -0.681. The second-order valence-electron chi connectivity index (χ2n) is 4.22. The maximum atomic E-state index is 11.5. The van der Waals surface area contributed by atoms with Crippen LogP contribution in [0.5, 0.6) is 0 Å². The number of hydrogen-bond donors (Lipinski definition) is 0. The standard InChI is InChI=1S/C12H19NO3/c1-3-16-11(14)8-12(9-13)7-5-4-6-10(12)15-2/h10H,3-8H2,1-2H3/t10-,12-/m0/s1. The second-order valence-corrected chi connectivity index (χ2v) is 4.22. The normalized spacial score (nSPS) is 29.4. The maximum Gasteiger partial charge on any atom is 0.307 e. The summed E-state index contributed by atoms with van der Waals surface area (Å²) in [4.78, 5) is 11.5. The summed E-state index contributed by atoms with van der Waals surface area (Å²) in [6.07, 6.45) is 3.62. The van der Waals surface area contributed by atoms with Gasteiger partial charge in [0.25, 0.3) is 0 Å². The van der Waals surface area contributed by atoms with Crippen LogP contribution in [0.15, 0.2) is 0 Å². The molecule has 0 aromatic heterocycles. The maximum absolute atomic E-state index is 11.5. The van der Waals surface area contributed by atoms with Gasteiger partial charge < -0.3 is 9.47 Å². The lowest BCUT2D eigenvalue weighted by Gasteiger charge is -2.37. The molecule has 0 saturated heterocycles. The Bertz CT molecular complexity index is 284. The van der Waals surface area contributed by atoms with E-state index in [0.29, 0.717) is 6.61 Å². The molecule has 0 bridgehead atoms. The summed E-state index contributed by atoms with van der Waals surface area (Å²) in [5, 5.41) is 9.32. The Kier molecular flexibility index (Phi) is 4.75. The predicted molar refractivity (Wildman–Crippen MR) is 58.6 cm³/mol. The van der Waals surface area contributed by atoms with Crippen LogP contribution in [-0.4, -0.2) is 25.8 Å². The highest BCUT2D eigenvalue weighted by atomic mass is 16.5. The molecular weight excluding hydrogens is 206 g/mol. The molecule has 90 valence electrons. The smallest absolute Gasteiger partial charge is 0.307 e. The topological polar surface area (TPSA) is 59.3 Å². The molecule has 4 heteroatoms. The summed E-state index contributed by atoms with van der Waals surface area (Å²) >= 11 is 0. The number of carbonyl (C=O) groups excluding carboxylic acids is 1. The highest BCUT2D eigenvalue weighted by Gasteiger charge is 2.43. The average Bonchev–Trinajstić information content (AvgIpc) is 2.29. The molecule has 0 heterocycles. The van der Waals surface area contributed by atoms with E-state index in [1.54, 1.807) is 14.0 Å². The molecule has 0 aromatic rings. The van der Waals surface area contributed by atoms with Crippen LogP contribution in [0.25, 0.3) is 0 Å². The van der Waals surface area contributed by atoms with Crippen molar-refractivity contribution in [2.24, 2.45) is 5.41 Å². The Morgan fingerprint density at radius 1 is 1.56 bits per heavy atom. The van der Waals surface area contributed by atoms with Gasteiger partial charge in [0.1, 0.15) is 0 Å². The Morgan fingerprint density at radius 3 is 2.88 bits per heavy atom. The molecule has 1 saturated carbocycles. The van der Waals surface area contributed by atoms with Gasteiger partial charge in [0.05, 0.1) is 30.6 Å². The van der Waals surface area contributed by atoms with E-state index in [-0.39, 0.29) is 18.5 Å². The molecule has 0 aromatic carbocycles. The third-order valence-electron chi connectivity index (χ3n) is 3.23. The van der Waals surface area contributed by atoms with E-state index in [9.17, 15) is 10.1 Å². The summed E-state index contributed by atoms with van der Waals surface area (Å²) in [6.45, 7) is 2.13. The number of esters is 1. The van der Waals surface area contributed by atoms with E-state index in [1.807, 2.05) is 0 Å². The summed E-state index contributed by atoms with van der Waals surface area (Å²) in [7, 11) is 1.60. The molecule has 1 aliphatic rings. The van der Waals surface area contributed by atoms with Gasteiger partial charge in [-0.15, -0.1) is 0 Å². The van der Waals surface area contributed by atoms with Crippen LogP contribution >= 0.6 is 0 Å². The van der Waals surface area contributed by atoms with Crippen molar-refractivity contribution in [3.63, 3.8) is 0 Å². The van der Waals surface area contributed by atoms with Crippen molar-refractivity contribution < 1.29 is 14.3 Å². The first-order valence-electron chi connectivity index (χ1n) is 5.78. The number of carbonyl (C=O) groups is 1. The highest BCUT2D eigenvalue weighted by Crippen LogP contribution is 2.40. The first kappa shape index (κ1) is 13.0. The SMILES string of the molecule is CCOC(=O)C[C@]1(C#N)CCCC[C@@H]1OC. The number of nitrogens with zero attached hydrogens (tertiary/aromatic N) is 1. The van der Waals surface area contributed by atoms with Crippen LogP contribution in [0.4, 0.5) is 0 Å². The monoisotopic (exact) mass is 225 g/mol. The van der Waals surface area contributed by atoms with Gasteiger partial charge in [-0.2, -0.15) is 5.26 Å². The Labute approximate surface area is 96.5 Å². The molecule has 1 fully saturated rings. The first-order chi connectivity index (χ1) is 7.68. The van der Waals surface area contributed by atoms with Crippen molar-refractivity contribution >= 4 is 5.97 Å². The van der Waals surface area contributed by atoms with Crippen molar-refractivity contribution in [3.05, 3.63) is 0 Å². The number of rotatable bonds is 4. The number of nitriles is 1. The third kappa shape index (κ3) is 2.73. The Balaban J connectivity index is 2.74. The van der Waals surface area contributed by atoms with E-state index in [1.165, 1.54) is 0 Å². The Hall–Kier alpha value is -1.08. The molecule has 4 nitrogen and oxygen atoms in total. The summed E-state index contributed by atoms with van der Waals surface area (Å²) in [6, 6.07) is 2.28. The van der Waals surface area contributed by atoms with Gasteiger partial charge in [-0.25, -0.2) is 0 Å².